The summed E-state index contributed by atoms with van der Waals surface area (Å²) in [6.07, 6.45) is 4.73. The topological polar surface area (TPSA) is 40.6 Å². The first-order valence-electron chi connectivity index (χ1n) is 9.26. The second kappa shape index (κ2) is 5.78. The molecule has 2 saturated heterocycles. The molecule has 1 spiro atoms. The largest absolute Gasteiger partial charge is 0.343 e. The zero-order chi connectivity index (χ0) is 16.8. The molecule has 1 unspecified atom stereocenters. The summed E-state index contributed by atoms with van der Waals surface area (Å²) in [5, 5.41) is 0. The van der Waals surface area contributed by atoms with Crippen LogP contribution in [0.3, 0.4) is 0 Å². The Morgan fingerprint density at radius 2 is 1.61 bits per heavy atom. The van der Waals surface area contributed by atoms with E-state index >= 15 is 0 Å². The molecule has 3 aliphatic rings. The average Bonchev–Trinajstić information content (AvgIpc) is 3.02. The SMILES string of the molecule is CC(C)CC(=O)N1CC2(CCN(C(=O)CC3CC3(C)C)CC2)C1. The van der Waals surface area contributed by atoms with Crippen molar-refractivity contribution in [3.8, 4) is 0 Å². The Bertz CT molecular complexity index is 482. The molecule has 1 atom stereocenters. The second-order valence-electron chi connectivity index (χ2n) is 9.32. The van der Waals surface area contributed by atoms with Gasteiger partial charge in [-0.1, -0.05) is 27.7 Å². The van der Waals surface area contributed by atoms with E-state index in [1.165, 1.54) is 6.42 Å². The number of rotatable bonds is 4. The molecule has 3 fully saturated rings. The lowest BCUT2D eigenvalue weighted by Crippen LogP contribution is -2.62. The van der Waals surface area contributed by atoms with Crippen LogP contribution in [0, 0.1) is 22.7 Å². The third kappa shape index (κ3) is 3.56. The zero-order valence-corrected chi connectivity index (χ0v) is 15.2. The molecule has 0 aromatic carbocycles. The normalized spacial score (nSPS) is 28.0. The molecule has 2 heterocycles. The molecule has 4 nitrogen and oxygen atoms in total. The van der Waals surface area contributed by atoms with Crippen LogP contribution in [0.2, 0.25) is 0 Å². The highest BCUT2D eigenvalue weighted by Gasteiger charge is 2.49. The number of amides is 2. The summed E-state index contributed by atoms with van der Waals surface area (Å²) in [6, 6.07) is 0. The Hall–Kier alpha value is -1.06. The summed E-state index contributed by atoms with van der Waals surface area (Å²) >= 11 is 0. The van der Waals surface area contributed by atoms with Crippen molar-refractivity contribution in [2.45, 2.75) is 59.8 Å². The van der Waals surface area contributed by atoms with Gasteiger partial charge in [-0.3, -0.25) is 9.59 Å². The van der Waals surface area contributed by atoms with E-state index in [-0.39, 0.29) is 0 Å². The summed E-state index contributed by atoms with van der Waals surface area (Å²) in [5.74, 6) is 1.69. The van der Waals surface area contributed by atoms with Crippen molar-refractivity contribution in [2.75, 3.05) is 26.2 Å². The molecular formula is C19H32N2O2. The number of likely N-dealkylation sites (tertiary alicyclic amines) is 2. The molecule has 0 bridgehead atoms. The highest BCUT2D eigenvalue weighted by Crippen LogP contribution is 2.54. The molecule has 4 heteroatoms. The first kappa shape index (κ1) is 16.8. The van der Waals surface area contributed by atoms with Crippen LogP contribution < -0.4 is 0 Å². The molecule has 0 aromatic heterocycles. The predicted octanol–water partition coefficient (Wildman–Crippen LogP) is 2.92. The number of piperidine rings is 1. The van der Waals surface area contributed by atoms with Gasteiger partial charge in [0.15, 0.2) is 0 Å². The van der Waals surface area contributed by atoms with Crippen LogP contribution in [0.15, 0.2) is 0 Å². The van der Waals surface area contributed by atoms with Crippen LogP contribution in [-0.2, 0) is 9.59 Å². The Morgan fingerprint density at radius 1 is 1.04 bits per heavy atom. The van der Waals surface area contributed by atoms with Crippen LogP contribution in [0.25, 0.3) is 0 Å². The van der Waals surface area contributed by atoms with Gasteiger partial charge in [0.2, 0.25) is 11.8 Å². The van der Waals surface area contributed by atoms with Crippen molar-refractivity contribution in [3.05, 3.63) is 0 Å². The third-order valence-corrected chi connectivity index (χ3v) is 6.30. The molecule has 1 aliphatic carbocycles. The molecular weight excluding hydrogens is 288 g/mol. The summed E-state index contributed by atoms with van der Waals surface area (Å²) in [7, 11) is 0. The molecule has 0 radical (unpaired) electrons. The summed E-state index contributed by atoms with van der Waals surface area (Å²) in [4.78, 5) is 28.6. The van der Waals surface area contributed by atoms with Gasteiger partial charge >= 0.3 is 0 Å². The lowest BCUT2D eigenvalue weighted by molar-refractivity contribution is -0.151. The van der Waals surface area contributed by atoms with Gasteiger partial charge < -0.3 is 9.80 Å². The zero-order valence-electron chi connectivity index (χ0n) is 15.2. The van der Waals surface area contributed by atoms with E-state index < -0.39 is 0 Å². The summed E-state index contributed by atoms with van der Waals surface area (Å²) in [5.41, 5.74) is 0.695. The number of carbonyl (C=O) groups is 2. The highest BCUT2D eigenvalue weighted by atomic mass is 16.2. The molecule has 2 amide bonds. The van der Waals surface area contributed by atoms with Crippen molar-refractivity contribution in [1.82, 2.24) is 9.80 Å². The highest BCUT2D eigenvalue weighted by molar-refractivity contribution is 5.78. The van der Waals surface area contributed by atoms with Gasteiger partial charge in [-0.05, 0) is 36.5 Å². The quantitative estimate of drug-likeness (QED) is 0.799. The maximum atomic E-state index is 12.4. The van der Waals surface area contributed by atoms with Gasteiger partial charge in [-0.15, -0.1) is 0 Å². The first-order chi connectivity index (χ1) is 10.7. The van der Waals surface area contributed by atoms with Gasteiger partial charge in [0, 0.05) is 44.4 Å². The predicted molar refractivity (Wildman–Crippen MR) is 90.8 cm³/mol. The van der Waals surface area contributed by atoms with Crippen LogP contribution in [0.4, 0.5) is 0 Å². The third-order valence-electron chi connectivity index (χ3n) is 6.30. The monoisotopic (exact) mass is 320 g/mol. The minimum atomic E-state index is 0.306. The Morgan fingerprint density at radius 3 is 2.09 bits per heavy atom. The van der Waals surface area contributed by atoms with Gasteiger partial charge in [0.1, 0.15) is 0 Å². The van der Waals surface area contributed by atoms with E-state index in [4.69, 9.17) is 0 Å². The fraction of sp³-hybridized carbons (Fsp3) is 0.895. The minimum Gasteiger partial charge on any atom is -0.343 e. The standard InChI is InChI=1S/C19H32N2O2/c1-14(2)9-16(22)21-12-19(13-21)5-7-20(8-6-19)17(23)10-15-11-18(15,3)4/h14-15H,5-13H2,1-4H3. The van der Waals surface area contributed by atoms with Crippen molar-refractivity contribution >= 4 is 11.8 Å². The molecule has 1 saturated carbocycles. The molecule has 130 valence electrons. The minimum absolute atomic E-state index is 0.306. The lowest BCUT2D eigenvalue weighted by atomic mass is 9.71. The van der Waals surface area contributed by atoms with Crippen molar-refractivity contribution in [3.63, 3.8) is 0 Å². The summed E-state index contributed by atoms with van der Waals surface area (Å²) in [6.45, 7) is 12.3. The van der Waals surface area contributed by atoms with E-state index in [1.807, 2.05) is 4.90 Å². The Labute approximate surface area is 140 Å². The maximum absolute atomic E-state index is 12.4. The van der Waals surface area contributed by atoms with Crippen molar-refractivity contribution in [2.24, 2.45) is 22.7 Å². The fourth-order valence-corrected chi connectivity index (χ4v) is 4.23. The van der Waals surface area contributed by atoms with Gasteiger partial charge in [-0.2, -0.15) is 0 Å². The number of nitrogens with zero attached hydrogens (tertiary/aromatic N) is 2. The number of hydrogen-bond donors (Lipinski definition) is 0. The molecule has 3 rings (SSSR count). The van der Waals surface area contributed by atoms with Crippen molar-refractivity contribution < 1.29 is 9.59 Å². The molecule has 23 heavy (non-hydrogen) atoms. The molecule has 0 aromatic rings. The number of hydrogen-bond acceptors (Lipinski definition) is 2. The first-order valence-corrected chi connectivity index (χ1v) is 9.26. The number of carbonyl (C=O) groups excluding carboxylic acids is 2. The van der Waals surface area contributed by atoms with E-state index in [9.17, 15) is 9.59 Å². The second-order valence-corrected chi connectivity index (χ2v) is 9.32. The van der Waals surface area contributed by atoms with E-state index in [0.29, 0.717) is 40.9 Å². The molecule has 2 aliphatic heterocycles. The van der Waals surface area contributed by atoms with Crippen LogP contribution in [-0.4, -0.2) is 47.8 Å². The van der Waals surface area contributed by atoms with Crippen molar-refractivity contribution in [1.29, 1.82) is 0 Å². The fourth-order valence-electron chi connectivity index (χ4n) is 4.23. The van der Waals surface area contributed by atoms with E-state index in [2.05, 4.69) is 32.6 Å². The van der Waals surface area contributed by atoms with E-state index in [0.717, 1.165) is 45.4 Å². The lowest BCUT2D eigenvalue weighted by Gasteiger charge is -2.54. The van der Waals surface area contributed by atoms with Crippen LogP contribution in [0.5, 0.6) is 0 Å². The van der Waals surface area contributed by atoms with Gasteiger partial charge in [-0.25, -0.2) is 0 Å². The van der Waals surface area contributed by atoms with E-state index in [1.54, 1.807) is 0 Å². The Balaban J connectivity index is 1.41. The smallest absolute Gasteiger partial charge is 0.222 e. The van der Waals surface area contributed by atoms with Crippen LogP contribution in [0.1, 0.15) is 59.8 Å². The van der Waals surface area contributed by atoms with Gasteiger partial charge in [0.25, 0.3) is 0 Å². The van der Waals surface area contributed by atoms with Gasteiger partial charge in [0.05, 0.1) is 0 Å². The summed E-state index contributed by atoms with van der Waals surface area (Å²) < 4.78 is 0. The Kier molecular flexibility index (Phi) is 4.22. The molecule has 0 N–H and O–H groups in total. The van der Waals surface area contributed by atoms with Crippen LogP contribution >= 0.6 is 0 Å². The maximum Gasteiger partial charge on any atom is 0.222 e. The average molecular weight is 320 g/mol.